The normalized spacial score (nSPS) is 18.2. The number of methoxy groups -OCH3 is 1. The molecule has 0 saturated carbocycles. The van der Waals surface area contributed by atoms with Gasteiger partial charge in [0.25, 0.3) is 5.91 Å². The van der Waals surface area contributed by atoms with Crippen LogP contribution in [-0.4, -0.2) is 50.5 Å². The Morgan fingerprint density at radius 3 is 2.59 bits per heavy atom. The van der Waals surface area contributed by atoms with E-state index >= 15 is 0 Å². The maximum atomic E-state index is 12.8. The minimum Gasteiger partial charge on any atom is -0.493 e. The molecule has 2 aromatic rings. The average molecular weight is 458 g/mol. The zero-order chi connectivity index (χ0) is 19.4. The Morgan fingerprint density at radius 1 is 1.26 bits per heavy atom. The first kappa shape index (κ1) is 19.8. The fourth-order valence-electron chi connectivity index (χ4n) is 3.01. The van der Waals surface area contributed by atoms with Crippen molar-refractivity contribution in [1.82, 2.24) is 4.90 Å². The first-order valence-corrected chi connectivity index (χ1v) is 11.0. The van der Waals surface area contributed by atoms with Gasteiger partial charge in [-0.05, 0) is 46.6 Å². The molecule has 146 valence electrons. The van der Waals surface area contributed by atoms with Gasteiger partial charge in [0.15, 0.2) is 32.6 Å². The van der Waals surface area contributed by atoms with Crippen LogP contribution in [0.4, 0.5) is 0 Å². The molecule has 9 heteroatoms. The number of furan rings is 1. The maximum Gasteiger partial charge on any atom is 0.261 e. The van der Waals surface area contributed by atoms with Crippen LogP contribution in [0.5, 0.6) is 11.5 Å². The first-order chi connectivity index (χ1) is 12.9. The Hall–Kier alpha value is -2.00. The molecule has 1 aromatic heterocycles. The summed E-state index contributed by atoms with van der Waals surface area (Å²) in [6.07, 6.45) is 0.407. The first-order valence-electron chi connectivity index (χ1n) is 8.38. The third-order valence-corrected chi connectivity index (χ3v) is 6.52. The van der Waals surface area contributed by atoms with E-state index in [1.54, 1.807) is 36.4 Å². The molecule has 1 atom stereocenters. The van der Waals surface area contributed by atoms with Gasteiger partial charge in [-0.25, -0.2) is 8.42 Å². The van der Waals surface area contributed by atoms with Crippen LogP contribution in [0.2, 0.25) is 0 Å². The predicted molar refractivity (Wildman–Crippen MR) is 103 cm³/mol. The van der Waals surface area contributed by atoms with Crippen LogP contribution in [0.1, 0.15) is 12.2 Å². The number of nitrogens with zero attached hydrogens (tertiary/aromatic N) is 1. The predicted octanol–water partition coefficient (Wildman–Crippen LogP) is 2.65. The number of amides is 1. The van der Waals surface area contributed by atoms with Crippen LogP contribution in [-0.2, 0) is 21.2 Å². The van der Waals surface area contributed by atoms with Crippen molar-refractivity contribution in [3.05, 3.63) is 46.8 Å². The molecule has 0 radical (unpaired) electrons. The van der Waals surface area contributed by atoms with Gasteiger partial charge in [-0.1, -0.05) is 12.1 Å². The molecule has 0 N–H and O–H groups in total. The third-order valence-electron chi connectivity index (χ3n) is 4.34. The minimum absolute atomic E-state index is 0.0464. The highest BCUT2D eigenvalue weighted by Gasteiger charge is 2.35. The fourth-order valence-corrected chi connectivity index (χ4v) is 5.08. The highest BCUT2D eigenvalue weighted by Crippen LogP contribution is 2.27. The lowest BCUT2D eigenvalue weighted by Gasteiger charge is -2.27. The van der Waals surface area contributed by atoms with Crippen LogP contribution in [0.25, 0.3) is 0 Å². The molecule has 0 bridgehead atoms. The third kappa shape index (κ3) is 5.04. The van der Waals surface area contributed by atoms with Crippen molar-refractivity contribution in [3.63, 3.8) is 0 Å². The number of rotatable bonds is 7. The zero-order valence-electron chi connectivity index (χ0n) is 14.8. The van der Waals surface area contributed by atoms with Crippen molar-refractivity contribution in [2.45, 2.75) is 19.0 Å². The van der Waals surface area contributed by atoms with E-state index in [4.69, 9.17) is 13.9 Å². The van der Waals surface area contributed by atoms with Gasteiger partial charge in [-0.15, -0.1) is 0 Å². The minimum atomic E-state index is -3.13. The smallest absolute Gasteiger partial charge is 0.261 e. The molecule has 1 saturated heterocycles. The Labute approximate surface area is 166 Å². The van der Waals surface area contributed by atoms with E-state index in [1.807, 2.05) is 0 Å². The van der Waals surface area contributed by atoms with Crippen LogP contribution in [0, 0.1) is 0 Å². The lowest BCUT2D eigenvalue weighted by Crippen LogP contribution is -2.43. The number of carbonyl (C=O) groups is 1. The van der Waals surface area contributed by atoms with Crippen molar-refractivity contribution >= 4 is 31.7 Å². The molecule has 0 aliphatic carbocycles. The van der Waals surface area contributed by atoms with Gasteiger partial charge in [0.1, 0.15) is 5.76 Å². The SMILES string of the molecule is COc1ccccc1OCC(=O)N(Cc1ccc(Br)o1)C1CCS(=O)(=O)C1. The number of benzene rings is 1. The molecule has 1 aromatic carbocycles. The van der Waals surface area contributed by atoms with E-state index < -0.39 is 15.9 Å². The summed E-state index contributed by atoms with van der Waals surface area (Å²) in [4.78, 5) is 14.4. The number of carbonyl (C=O) groups excluding carboxylic acids is 1. The summed E-state index contributed by atoms with van der Waals surface area (Å²) in [7, 11) is -1.61. The molecule has 2 heterocycles. The fraction of sp³-hybridized carbons (Fsp3) is 0.389. The van der Waals surface area contributed by atoms with Gasteiger partial charge >= 0.3 is 0 Å². The monoisotopic (exact) mass is 457 g/mol. The summed E-state index contributed by atoms with van der Waals surface area (Å²) < 4.78 is 40.6. The van der Waals surface area contributed by atoms with Crippen molar-refractivity contribution in [2.24, 2.45) is 0 Å². The molecule has 7 nitrogen and oxygen atoms in total. The van der Waals surface area contributed by atoms with Crippen LogP contribution in [0.3, 0.4) is 0 Å². The summed E-state index contributed by atoms with van der Waals surface area (Å²) >= 11 is 3.23. The molecule has 1 fully saturated rings. The van der Waals surface area contributed by atoms with E-state index in [-0.39, 0.29) is 30.6 Å². The topological polar surface area (TPSA) is 86.1 Å². The van der Waals surface area contributed by atoms with Gasteiger partial charge in [0.05, 0.1) is 25.2 Å². The Kier molecular flexibility index (Phi) is 6.11. The molecule has 0 spiro atoms. The second-order valence-corrected chi connectivity index (χ2v) is 9.23. The Morgan fingerprint density at radius 2 is 2.00 bits per heavy atom. The summed E-state index contributed by atoms with van der Waals surface area (Å²) in [6.45, 7) is -0.0430. The number of hydrogen-bond donors (Lipinski definition) is 0. The van der Waals surface area contributed by atoms with Crippen molar-refractivity contribution in [3.8, 4) is 11.5 Å². The maximum absolute atomic E-state index is 12.8. The van der Waals surface area contributed by atoms with Crippen molar-refractivity contribution in [2.75, 3.05) is 25.2 Å². The van der Waals surface area contributed by atoms with Gasteiger partial charge < -0.3 is 18.8 Å². The summed E-state index contributed by atoms with van der Waals surface area (Å²) in [5, 5.41) is 0. The lowest BCUT2D eigenvalue weighted by molar-refractivity contribution is -0.136. The second kappa shape index (κ2) is 8.35. The number of sulfone groups is 1. The molecular formula is C18H20BrNO6S. The molecule has 1 aliphatic heterocycles. The van der Waals surface area contributed by atoms with E-state index in [0.29, 0.717) is 28.3 Å². The van der Waals surface area contributed by atoms with E-state index in [1.165, 1.54) is 12.0 Å². The number of ether oxygens (including phenoxy) is 2. The van der Waals surface area contributed by atoms with Gasteiger partial charge in [-0.2, -0.15) is 0 Å². The average Bonchev–Trinajstić information content (AvgIpc) is 3.22. The van der Waals surface area contributed by atoms with Crippen molar-refractivity contribution in [1.29, 1.82) is 0 Å². The molecule has 1 unspecified atom stereocenters. The van der Waals surface area contributed by atoms with Gasteiger partial charge in [0, 0.05) is 6.04 Å². The van der Waals surface area contributed by atoms with Crippen LogP contribution in [0.15, 0.2) is 45.5 Å². The summed E-state index contributed by atoms with van der Waals surface area (Å²) in [5.41, 5.74) is 0. The summed E-state index contributed by atoms with van der Waals surface area (Å²) in [5.74, 6) is 1.27. The highest BCUT2D eigenvalue weighted by atomic mass is 79.9. The summed E-state index contributed by atoms with van der Waals surface area (Å²) in [6, 6.07) is 10.1. The Bertz CT molecular complexity index is 910. The van der Waals surface area contributed by atoms with E-state index in [9.17, 15) is 13.2 Å². The highest BCUT2D eigenvalue weighted by molar-refractivity contribution is 9.10. The quantitative estimate of drug-likeness (QED) is 0.634. The molecule has 3 rings (SSSR count). The standard InChI is InChI=1S/C18H20BrNO6S/c1-24-15-4-2-3-5-16(15)25-11-18(21)20(10-14-6-7-17(19)26-14)13-8-9-27(22,23)12-13/h2-7,13H,8-12H2,1H3. The lowest BCUT2D eigenvalue weighted by atomic mass is 10.2. The second-order valence-electron chi connectivity index (χ2n) is 6.22. The van der Waals surface area contributed by atoms with E-state index in [0.717, 1.165) is 0 Å². The molecular weight excluding hydrogens is 438 g/mol. The van der Waals surface area contributed by atoms with Gasteiger partial charge in [-0.3, -0.25) is 4.79 Å². The number of para-hydroxylation sites is 2. The largest absolute Gasteiger partial charge is 0.493 e. The number of halogens is 1. The van der Waals surface area contributed by atoms with Crippen LogP contribution >= 0.6 is 15.9 Å². The number of hydrogen-bond acceptors (Lipinski definition) is 6. The Balaban J connectivity index is 1.74. The van der Waals surface area contributed by atoms with Crippen molar-refractivity contribution < 1.29 is 27.1 Å². The molecule has 27 heavy (non-hydrogen) atoms. The van der Waals surface area contributed by atoms with Gasteiger partial charge in [0.2, 0.25) is 0 Å². The van der Waals surface area contributed by atoms with Crippen LogP contribution < -0.4 is 9.47 Å². The molecule has 1 aliphatic rings. The zero-order valence-corrected chi connectivity index (χ0v) is 17.2. The molecule has 1 amide bonds. The van der Waals surface area contributed by atoms with E-state index in [2.05, 4.69) is 15.9 Å².